The van der Waals surface area contributed by atoms with Crippen LogP contribution in [0, 0.1) is 5.82 Å². The van der Waals surface area contributed by atoms with Crippen molar-refractivity contribution in [1.82, 2.24) is 9.21 Å². The lowest BCUT2D eigenvalue weighted by atomic mass is 10.2. The fourth-order valence-corrected chi connectivity index (χ4v) is 4.81. The number of benzene rings is 2. The minimum atomic E-state index is -3.77. The topological polar surface area (TPSA) is 40.6 Å². The van der Waals surface area contributed by atoms with Crippen LogP contribution in [-0.4, -0.2) is 50.1 Å². The molecular formula is C18H21FN2O2S2. The van der Waals surface area contributed by atoms with E-state index in [2.05, 4.69) is 29.2 Å². The molecule has 134 valence electrons. The van der Waals surface area contributed by atoms with Crippen molar-refractivity contribution in [3.8, 4) is 0 Å². The third kappa shape index (κ3) is 4.23. The van der Waals surface area contributed by atoms with E-state index in [1.54, 1.807) is 17.8 Å². The van der Waals surface area contributed by atoms with Crippen molar-refractivity contribution in [2.45, 2.75) is 16.3 Å². The number of hydrogen-bond donors (Lipinski definition) is 0. The molecule has 2 aromatic rings. The number of thioether (sulfide) groups is 1. The lowest BCUT2D eigenvalue weighted by molar-refractivity contribution is 0.181. The first kappa shape index (κ1) is 18.4. The van der Waals surface area contributed by atoms with Gasteiger partial charge in [-0.2, -0.15) is 4.31 Å². The molecule has 0 unspecified atom stereocenters. The number of halogens is 1. The standard InChI is InChI=1S/C18H21FN2O2S2/c1-24-16-8-6-15(7-9-16)14-20-10-12-21(13-11-20)25(22,23)18-5-3-2-4-17(18)19/h2-9H,10-14H2,1H3. The van der Waals surface area contributed by atoms with E-state index >= 15 is 0 Å². The maximum absolute atomic E-state index is 13.8. The third-order valence-corrected chi connectivity index (χ3v) is 7.03. The zero-order chi connectivity index (χ0) is 17.9. The summed E-state index contributed by atoms with van der Waals surface area (Å²) < 4.78 is 40.4. The highest BCUT2D eigenvalue weighted by Crippen LogP contribution is 2.21. The van der Waals surface area contributed by atoms with Crippen LogP contribution >= 0.6 is 11.8 Å². The Morgan fingerprint density at radius 1 is 1.00 bits per heavy atom. The van der Waals surface area contributed by atoms with Crippen LogP contribution < -0.4 is 0 Å². The molecule has 0 saturated carbocycles. The summed E-state index contributed by atoms with van der Waals surface area (Å²) in [4.78, 5) is 3.21. The summed E-state index contributed by atoms with van der Waals surface area (Å²) >= 11 is 1.71. The monoisotopic (exact) mass is 380 g/mol. The number of nitrogens with zero attached hydrogens (tertiary/aromatic N) is 2. The molecule has 1 aliphatic heterocycles. The minimum absolute atomic E-state index is 0.240. The molecule has 2 aromatic carbocycles. The minimum Gasteiger partial charge on any atom is -0.296 e. The van der Waals surface area contributed by atoms with Crippen molar-refractivity contribution >= 4 is 21.8 Å². The largest absolute Gasteiger partial charge is 0.296 e. The van der Waals surface area contributed by atoms with Crippen molar-refractivity contribution in [1.29, 1.82) is 0 Å². The molecule has 7 heteroatoms. The number of sulfonamides is 1. The molecule has 0 N–H and O–H groups in total. The summed E-state index contributed by atoms with van der Waals surface area (Å²) in [7, 11) is -3.77. The van der Waals surface area contributed by atoms with Gasteiger partial charge in [0.1, 0.15) is 10.7 Å². The molecule has 1 saturated heterocycles. The van der Waals surface area contributed by atoms with Gasteiger partial charge in [0.25, 0.3) is 0 Å². The molecular weight excluding hydrogens is 359 g/mol. The average molecular weight is 381 g/mol. The maximum Gasteiger partial charge on any atom is 0.246 e. The van der Waals surface area contributed by atoms with E-state index in [1.165, 1.54) is 33.0 Å². The van der Waals surface area contributed by atoms with Crippen molar-refractivity contribution in [3.05, 3.63) is 59.9 Å². The van der Waals surface area contributed by atoms with Crippen molar-refractivity contribution < 1.29 is 12.8 Å². The Bertz CT molecular complexity index is 817. The van der Waals surface area contributed by atoms with E-state index in [0.29, 0.717) is 26.2 Å². The van der Waals surface area contributed by atoms with E-state index in [1.807, 2.05) is 6.26 Å². The van der Waals surface area contributed by atoms with Gasteiger partial charge in [-0.05, 0) is 36.1 Å². The SMILES string of the molecule is CSc1ccc(CN2CCN(S(=O)(=O)c3ccccc3F)CC2)cc1. The molecule has 0 bridgehead atoms. The Balaban J connectivity index is 1.62. The summed E-state index contributed by atoms with van der Waals surface area (Å²) in [5, 5.41) is 0. The molecule has 4 nitrogen and oxygen atoms in total. The van der Waals surface area contributed by atoms with Gasteiger partial charge in [0, 0.05) is 37.6 Å². The summed E-state index contributed by atoms with van der Waals surface area (Å²) in [6.07, 6.45) is 2.05. The highest BCUT2D eigenvalue weighted by atomic mass is 32.2. The van der Waals surface area contributed by atoms with Crippen molar-refractivity contribution in [2.75, 3.05) is 32.4 Å². The smallest absolute Gasteiger partial charge is 0.246 e. The van der Waals surface area contributed by atoms with Crippen LogP contribution in [0.3, 0.4) is 0 Å². The van der Waals surface area contributed by atoms with Crippen LogP contribution in [0.4, 0.5) is 4.39 Å². The predicted molar refractivity (Wildman–Crippen MR) is 98.7 cm³/mol. The van der Waals surface area contributed by atoms with Gasteiger partial charge in [-0.15, -0.1) is 11.8 Å². The molecule has 1 fully saturated rings. The van der Waals surface area contributed by atoms with E-state index in [-0.39, 0.29) is 4.90 Å². The van der Waals surface area contributed by atoms with E-state index in [4.69, 9.17) is 0 Å². The van der Waals surface area contributed by atoms with Gasteiger partial charge >= 0.3 is 0 Å². The first-order chi connectivity index (χ1) is 12.0. The maximum atomic E-state index is 13.8. The lowest BCUT2D eigenvalue weighted by Gasteiger charge is -2.34. The Morgan fingerprint density at radius 2 is 1.64 bits per heavy atom. The Hall–Kier alpha value is -1.41. The fraction of sp³-hybridized carbons (Fsp3) is 0.333. The molecule has 0 amide bonds. The number of rotatable bonds is 5. The molecule has 1 heterocycles. The predicted octanol–water partition coefficient (Wildman–Crippen LogP) is 3.05. The van der Waals surface area contributed by atoms with Gasteiger partial charge in [0.05, 0.1) is 0 Å². The lowest BCUT2D eigenvalue weighted by Crippen LogP contribution is -2.48. The second kappa shape index (κ2) is 7.86. The normalized spacial score (nSPS) is 16.9. The van der Waals surface area contributed by atoms with Crippen LogP contribution in [0.25, 0.3) is 0 Å². The molecule has 3 rings (SSSR count). The highest BCUT2D eigenvalue weighted by Gasteiger charge is 2.30. The van der Waals surface area contributed by atoms with E-state index < -0.39 is 15.8 Å². The van der Waals surface area contributed by atoms with Crippen molar-refractivity contribution in [2.24, 2.45) is 0 Å². The molecule has 25 heavy (non-hydrogen) atoms. The first-order valence-corrected chi connectivity index (χ1v) is 10.8. The van der Waals surface area contributed by atoms with Crippen molar-refractivity contribution in [3.63, 3.8) is 0 Å². The van der Waals surface area contributed by atoms with Gasteiger partial charge in [-0.25, -0.2) is 12.8 Å². The second-order valence-electron chi connectivity index (χ2n) is 5.96. The van der Waals surface area contributed by atoms with Gasteiger partial charge in [-0.3, -0.25) is 4.90 Å². The zero-order valence-corrected chi connectivity index (χ0v) is 15.7. The molecule has 0 aromatic heterocycles. The Labute approximate surface area is 152 Å². The van der Waals surface area contributed by atoms with Crippen LogP contribution in [0.15, 0.2) is 58.3 Å². The summed E-state index contributed by atoms with van der Waals surface area (Å²) in [5.41, 5.74) is 1.21. The van der Waals surface area contributed by atoms with Gasteiger partial charge in [0.2, 0.25) is 10.0 Å². The van der Waals surface area contributed by atoms with E-state index in [0.717, 1.165) is 6.54 Å². The number of hydrogen-bond acceptors (Lipinski definition) is 4. The van der Waals surface area contributed by atoms with Crippen LogP contribution in [-0.2, 0) is 16.6 Å². The second-order valence-corrected chi connectivity index (χ2v) is 8.74. The van der Waals surface area contributed by atoms with Crippen LogP contribution in [0.1, 0.15) is 5.56 Å². The van der Waals surface area contributed by atoms with Gasteiger partial charge < -0.3 is 0 Å². The quantitative estimate of drug-likeness (QED) is 0.748. The summed E-state index contributed by atoms with van der Waals surface area (Å²) in [5.74, 6) is -0.696. The van der Waals surface area contributed by atoms with Gasteiger partial charge in [0.15, 0.2) is 0 Å². The molecule has 1 aliphatic rings. The molecule has 0 atom stereocenters. The molecule has 0 spiro atoms. The Kier molecular flexibility index (Phi) is 5.78. The first-order valence-electron chi connectivity index (χ1n) is 8.10. The zero-order valence-electron chi connectivity index (χ0n) is 14.1. The summed E-state index contributed by atoms with van der Waals surface area (Å²) in [6.45, 7) is 2.82. The van der Waals surface area contributed by atoms with E-state index in [9.17, 15) is 12.8 Å². The molecule has 0 radical (unpaired) electrons. The fourth-order valence-electron chi connectivity index (χ4n) is 2.91. The summed E-state index contributed by atoms with van der Waals surface area (Å²) in [6, 6.07) is 13.9. The number of piperazine rings is 1. The van der Waals surface area contributed by atoms with Crippen LogP contribution in [0.2, 0.25) is 0 Å². The highest BCUT2D eigenvalue weighted by molar-refractivity contribution is 7.98. The van der Waals surface area contributed by atoms with Crippen LogP contribution in [0.5, 0.6) is 0 Å². The third-order valence-electron chi connectivity index (χ3n) is 4.35. The molecule has 0 aliphatic carbocycles. The average Bonchev–Trinajstić information content (AvgIpc) is 2.63. The Morgan fingerprint density at radius 3 is 2.24 bits per heavy atom. The van der Waals surface area contributed by atoms with Gasteiger partial charge in [-0.1, -0.05) is 24.3 Å².